The van der Waals surface area contributed by atoms with Crippen molar-refractivity contribution in [3.8, 4) is 0 Å². The second-order valence-electron chi connectivity index (χ2n) is 5.51. The molecule has 7 heteroatoms. The van der Waals surface area contributed by atoms with Crippen LogP contribution >= 0.6 is 0 Å². The van der Waals surface area contributed by atoms with Crippen LogP contribution < -0.4 is 5.32 Å². The molecule has 1 fully saturated rings. The molecule has 1 heterocycles. The fraction of sp³-hybridized carbons (Fsp3) is 0.533. The zero-order valence-corrected chi connectivity index (χ0v) is 12.1. The molecule has 2 N–H and O–H groups in total. The maximum absolute atomic E-state index is 12.6. The molecule has 0 radical (unpaired) electrons. The van der Waals surface area contributed by atoms with Crippen LogP contribution in [-0.2, 0) is 11.0 Å². The first-order chi connectivity index (χ1) is 10.4. The van der Waals surface area contributed by atoms with Crippen LogP contribution in [0.1, 0.15) is 18.4 Å². The third-order valence-corrected chi connectivity index (χ3v) is 3.76. The van der Waals surface area contributed by atoms with Crippen molar-refractivity contribution < 1.29 is 23.1 Å². The lowest BCUT2D eigenvalue weighted by molar-refractivity contribution is -0.137. The van der Waals surface area contributed by atoms with Gasteiger partial charge in [0, 0.05) is 31.8 Å². The van der Waals surface area contributed by atoms with E-state index in [2.05, 4.69) is 10.2 Å². The van der Waals surface area contributed by atoms with Gasteiger partial charge in [0.25, 0.3) is 0 Å². The van der Waals surface area contributed by atoms with Gasteiger partial charge >= 0.3 is 6.18 Å². The molecule has 1 aliphatic rings. The van der Waals surface area contributed by atoms with Crippen molar-refractivity contribution >= 4 is 11.6 Å². The lowest BCUT2D eigenvalue weighted by Crippen LogP contribution is -2.26. The van der Waals surface area contributed by atoms with Crippen LogP contribution in [0, 0.1) is 5.92 Å². The predicted molar refractivity (Wildman–Crippen MR) is 76.3 cm³/mol. The smallest absolute Gasteiger partial charge is 0.396 e. The monoisotopic (exact) mass is 316 g/mol. The van der Waals surface area contributed by atoms with Gasteiger partial charge in [-0.2, -0.15) is 13.2 Å². The van der Waals surface area contributed by atoms with Crippen LogP contribution in [0.5, 0.6) is 0 Å². The molecular formula is C15H19F3N2O2. The predicted octanol–water partition coefficient (Wildman–Crippen LogP) is 2.35. The molecule has 22 heavy (non-hydrogen) atoms. The number of hydrogen-bond acceptors (Lipinski definition) is 3. The van der Waals surface area contributed by atoms with E-state index in [1.807, 2.05) is 0 Å². The Hall–Kier alpha value is -1.60. The lowest BCUT2D eigenvalue weighted by Gasteiger charge is -2.15. The number of halogens is 3. The summed E-state index contributed by atoms with van der Waals surface area (Å²) in [7, 11) is 0. The van der Waals surface area contributed by atoms with E-state index in [1.165, 1.54) is 12.1 Å². The first kappa shape index (κ1) is 16.8. The van der Waals surface area contributed by atoms with Gasteiger partial charge in [-0.25, -0.2) is 0 Å². The molecule has 0 aliphatic carbocycles. The summed E-state index contributed by atoms with van der Waals surface area (Å²) < 4.78 is 37.8. The van der Waals surface area contributed by atoms with Crippen molar-refractivity contribution in [2.75, 3.05) is 31.6 Å². The Morgan fingerprint density at radius 1 is 1.41 bits per heavy atom. The van der Waals surface area contributed by atoms with Gasteiger partial charge in [-0.15, -0.1) is 0 Å². The van der Waals surface area contributed by atoms with Gasteiger partial charge in [-0.1, -0.05) is 6.07 Å². The van der Waals surface area contributed by atoms with Crippen LogP contribution in [-0.4, -0.2) is 42.2 Å². The highest BCUT2D eigenvalue weighted by Crippen LogP contribution is 2.30. The molecule has 0 bridgehead atoms. The van der Waals surface area contributed by atoms with E-state index >= 15 is 0 Å². The van der Waals surface area contributed by atoms with Crippen LogP contribution in [0.15, 0.2) is 24.3 Å². The number of hydrogen-bond donors (Lipinski definition) is 2. The van der Waals surface area contributed by atoms with E-state index < -0.39 is 11.7 Å². The van der Waals surface area contributed by atoms with E-state index in [0.717, 1.165) is 31.6 Å². The largest absolute Gasteiger partial charge is 0.416 e. The van der Waals surface area contributed by atoms with E-state index in [1.54, 1.807) is 0 Å². The van der Waals surface area contributed by atoms with Crippen LogP contribution in [0.2, 0.25) is 0 Å². The second-order valence-corrected chi connectivity index (χ2v) is 5.51. The molecule has 1 saturated heterocycles. The van der Waals surface area contributed by atoms with Gasteiger partial charge in [0.15, 0.2) is 0 Å². The number of carbonyl (C=O) groups is 1. The van der Waals surface area contributed by atoms with Gasteiger partial charge in [0.05, 0.1) is 5.56 Å². The normalized spacial score (nSPS) is 19.4. The van der Waals surface area contributed by atoms with Gasteiger partial charge in [-0.05, 0) is 37.1 Å². The van der Waals surface area contributed by atoms with Gasteiger partial charge in [0.2, 0.25) is 5.91 Å². The number of alkyl halides is 3. The fourth-order valence-corrected chi connectivity index (χ4v) is 2.52. The van der Waals surface area contributed by atoms with E-state index in [9.17, 15) is 18.0 Å². The highest BCUT2D eigenvalue weighted by molar-refractivity contribution is 5.90. The summed E-state index contributed by atoms with van der Waals surface area (Å²) in [5.41, 5.74) is -0.634. The summed E-state index contributed by atoms with van der Waals surface area (Å²) in [4.78, 5) is 13.9. The lowest BCUT2D eigenvalue weighted by atomic mass is 10.1. The molecule has 2 rings (SSSR count). The molecule has 0 saturated carbocycles. The third kappa shape index (κ3) is 4.71. The molecule has 0 aromatic heterocycles. The Morgan fingerprint density at radius 3 is 2.82 bits per heavy atom. The molecule has 1 unspecified atom stereocenters. The number of nitrogens with zero attached hydrogens (tertiary/aromatic N) is 1. The quantitative estimate of drug-likeness (QED) is 0.877. The summed E-state index contributed by atoms with van der Waals surface area (Å²) in [5, 5.41) is 11.5. The zero-order chi connectivity index (χ0) is 16.2. The minimum atomic E-state index is -4.42. The summed E-state index contributed by atoms with van der Waals surface area (Å²) in [6.07, 6.45) is -3.30. The maximum atomic E-state index is 12.6. The van der Waals surface area contributed by atoms with Gasteiger partial charge < -0.3 is 15.3 Å². The summed E-state index contributed by atoms with van der Waals surface area (Å²) in [6.45, 7) is 2.28. The van der Waals surface area contributed by atoms with Gasteiger partial charge in [0.1, 0.15) is 0 Å². The van der Waals surface area contributed by atoms with Crippen molar-refractivity contribution in [3.63, 3.8) is 0 Å². The topological polar surface area (TPSA) is 52.6 Å². The number of rotatable bonds is 5. The average Bonchev–Trinajstić information content (AvgIpc) is 2.92. The first-order valence-corrected chi connectivity index (χ1v) is 7.19. The van der Waals surface area contributed by atoms with Crippen LogP contribution in [0.4, 0.5) is 18.9 Å². The summed E-state index contributed by atoms with van der Waals surface area (Å²) in [6, 6.07) is 4.60. The molecule has 1 atom stereocenters. The van der Waals surface area contributed by atoms with Crippen LogP contribution in [0.3, 0.4) is 0 Å². The zero-order valence-electron chi connectivity index (χ0n) is 12.1. The number of anilines is 1. The molecule has 1 aromatic rings. The van der Waals surface area contributed by atoms with Crippen LogP contribution in [0.25, 0.3) is 0 Å². The number of aliphatic hydroxyl groups is 1. The number of likely N-dealkylation sites (tertiary alicyclic amines) is 1. The molecule has 1 aliphatic heterocycles. The molecule has 122 valence electrons. The van der Waals surface area contributed by atoms with Crippen molar-refractivity contribution in [1.29, 1.82) is 0 Å². The number of amides is 1. The Balaban J connectivity index is 1.82. The molecular weight excluding hydrogens is 297 g/mol. The Morgan fingerprint density at radius 2 is 2.18 bits per heavy atom. The standard InChI is InChI=1S/C15H19F3N2O2/c16-15(17,18)12-2-1-3-13(8-12)19-14(22)5-7-20-6-4-11(9-20)10-21/h1-3,8,11,21H,4-7,9-10H2,(H,19,22). The Bertz CT molecular complexity index is 520. The van der Waals surface area contributed by atoms with E-state index in [4.69, 9.17) is 5.11 Å². The number of benzene rings is 1. The van der Waals surface area contributed by atoms with Crippen molar-refractivity contribution in [2.45, 2.75) is 19.0 Å². The van der Waals surface area contributed by atoms with Crippen molar-refractivity contribution in [1.82, 2.24) is 4.90 Å². The number of aliphatic hydroxyl groups excluding tert-OH is 1. The molecule has 1 amide bonds. The van der Waals surface area contributed by atoms with Crippen molar-refractivity contribution in [2.24, 2.45) is 5.92 Å². The SMILES string of the molecule is O=C(CCN1CCC(CO)C1)Nc1cccc(C(F)(F)F)c1. The second kappa shape index (κ2) is 7.11. The minimum Gasteiger partial charge on any atom is -0.396 e. The highest BCUT2D eigenvalue weighted by Gasteiger charge is 2.30. The number of carbonyl (C=O) groups excluding carboxylic acids is 1. The highest BCUT2D eigenvalue weighted by atomic mass is 19.4. The summed E-state index contributed by atoms with van der Waals surface area (Å²) >= 11 is 0. The molecule has 4 nitrogen and oxygen atoms in total. The molecule has 1 aromatic carbocycles. The van der Waals surface area contributed by atoms with Gasteiger partial charge in [-0.3, -0.25) is 4.79 Å². The first-order valence-electron chi connectivity index (χ1n) is 7.19. The number of nitrogens with one attached hydrogen (secondary N) is 1. The average molecular weight is 316 g/mol. The van der Waals surface area contributed by atoms with E-state index in [-0.39, 0.29) is 30.5 Å². The minimum absolute atomic E-state index is 0.146. The van der Waals surface area contributed by atoms with E-state index in [0.29, 0.717) is 6.54 Å². The summed E-state index contributed by atoms with van der Waals surface area (Å²) in [5.74, 6) is -0.0571. The third-order valence-electron chi connectivity index (χ3n) is 3.76. The molecule has 0 spiro atoms. The Labute approximate surface area is 126 Å². The fourth-order valence-electron chi connectivity index (χ4n) is 2.52. The maximum Gasteiger partial charge on any atom is 0.416 e. The van der Waals surface area contributed by atoms with Crippen molar-refractivity contribution in [3.05, 3.63) is 29.8 Å². The Kier molecular flexibility index (Phi) is 5.42.